The first-order valence-corrected chi connectivity index (χ1v) is 7.14. The summed E-state index contributed by atoms with van der Waals surface area (Å²) < 4.78 is 12.8. The highest BCUT2D eigenvalue weighted by atomic mass is 19.1. The minimum absolute atomic E-state index is 0.264. The van der Waals surface area contributed by atoms with Gasteiger partial charge in [-0.05, 0) is 36.2 Å². The lowest BCUT2D eigenvalue weighted by Crippen LogP contribution is -2.37. The van der Waals surface area contributed by atoms with Gasteiger partial charge < -0.3 is 10.6 Å². The SMILES string of the molecule is O=c1c(NCCc2ccc(F)cc2)c(Nc2ccncc2)c1=O. The zero-order valence-corrected chi connectivity index (χ0v) is 12.2. The number of hydrogen-bond acceptors (Lipinski definition) is 5. The van der Waals surface area contributed by atoms with Gasteiger partial charge in [-0.15, -0.1) is 0 Å². The zero-order chi connectivity index (χ0) is 16.2. The van der Waals surface area contributed by atoms with Gasteiger partial charge in [0.15, 0.2) is 0 Å². The first-order valence-electron chi connectivity index (χ1n) is 7.14. The van der Waals surface area contributed by atoms with Crippen LogP contribution in [-0.2, 0) is 6.42 Å². The minimum Gasteiger partial charge on any atom is -0.380 e. The molecule has 23 heavy (non-hydrogen) atoms. The fourth-order valence-corrected chi connectivity index (χ4v) is 2.24. The van der Waals surface area contributed by atoms with E-state index in [4.69, 9.17) is 0 Å². The summed E-state index contributed by atoms with van der Waals surface area (Å²) >= 11 is 0. The van der Waals surface area contributed by atoms with Crippen molar-refractivity contribution in [1.29, 1.82) is 0 Å². The molecule has 0 spiro atoms. The van der Waals surface area contributed by atoms with Crippen LogP contribution in [0.5, 0.6) is 0 Å². The first-order chi connectivity index (χ1) is 11.1. The van der Waals surface area contributed by atoms with Crippen LogP contribution < -0.4 is 21.5 Å². The number of nitrogens with one attached hydrogen (secondary N) is 2. The zero-order valence-electron chi connectivity index (χ0n) is 12.2. The number of nitrogens with zero attached hydrogens (tertiary/aromatic N) is 1. The Balaban J connectivity index is 1.64. The van der Waals surface area contributed by atoms with Gasteiger partial charge in [0.25, 0.3) is 10.9 Å². The summed E-state index contributed by atoms with van der Waals surface area (Å²) in [5.74, 6) is -0.284. The number of halogens is 1. The Bertz CT molecular complexity index is 869. The summed E-state index contributed by atoms with van der Waals surface area (Å²) in [5.41, 5.74) is 1.12. The topological polar surface area (TPSA) is 71.1 Å². The molecule has 2 N–H and O–H groups in total. The van der Waals surface area contributed by atoms with E-state index in [0.29, 0.717) is 18.7 Å². The van der Waals surface area contributed by atoms with Gasteiger partial charge in [-0.2, -0.15) is 0 Å². The first kappa shape index (κ1) is 14.9. The number of pyridine rings is 1. The molecule has 0 atom stereocenters. The lowest BCUT2D eigenvalue weighted by Gasteiger charge is -2.14. The maximum Gasteiger partial charge on any atom is 0.253 e. The summed E-state index contributed by atoms with van der Waals surface area (Å²) in [6, 6.07) is 9.58. The van der Waals surface area contributed by atoms with Gasteiger partial charge in [0.05, 0.1) is 0 Å². The number of anilines is 3. The molecule has 5 nitrogen and oxygen atoms in total. The van der Waals surface area contributed by atoms with Crippen LogP contribution in [0.1, 0.15) is 5.56 Å². The van der Waals surface area contributed by atoms with E-state index in [1.165, 1.54) is 12.1 Å². The number of hydrogen-bond donors (Lipinski definition) is 2. The summed E-state index contributed by atoms with van der Waals surface area (Å²) in [5, 5.41) is 5.89. The summed E-state index contributed by atoms with van der Waals surface area (Å²) in [4.78, 5) is 27.2. The summed E-state index contributed by atoms with van der Waals surface area (Å²) in [6.45, 7) is 0.474. The summed E-state index contributed by atoms with van der Waals surface area (Å²) in [6.07, 6.45) is 3.80. The molecule has 0 bridgehead atoms. The molecule has 2 aromatic carbocycles. The Morgan fingerprint density at radius 2 is 1.57 bits per heavy atom. The van der Waals surface area contributed by atoms with Crippen LogP contribution in [0.25, 0.3) is 0 Å². The molecule has 0 fully saturated rings. The molecule has 0 saturated heterocycles. The summed E-state index contributed by atoms with van der Waals surface area (Å²) in [7, 11) is 0. The molecular formula is C17H14FN3O2. The monoisotopic (exact) mass is 311 g/mol. The average molecular weight is 311 g/mol. The molecule has 0 unspecified atom stereocenters. The molecule has 6 heteroatoms. The van der Waals surface area contributed by atoms with Crippen LogP contribution >= 0.6 is 0 Å². The van der Waals surface area contributed by atoms with Crippen LogP contribution in [-0.4, -0.2) is 11.5 Å². The third-order valence-electron chi connectivity index (χ3n) is 3.49. The molecule has 0 amide bonds. The lowest BCUT2D eigenvalue weighted by molar-refractivity contribution is 0.627. The van der Waals surface area contributed by atoms with Crippen LogP contribution in [0, 0.1) is 5.82 Å². The minimum atomic E-state index is -0.536. The van der Waals surface area contributed by atoms with E-state index in [1.54, 1.807) is 36.7 Å². The van der Waals surface area contributed by atoms with E-state index in [9.17, 15) is 14.0 Å². The molecule has 0 saturated carbocycles. The molecule has 0 aliphatic heterocycles. The third kappa shape index (κ3) is 3.26. The average Bonchev–Trinajstić information content (AvgIpc) is 2.59. The van der Waals surface area contributed by atoms with Crippen molar-refractivity contribution in [3.05, 3.63) is 80.6 Å². The van der Waals surface area contributed by atoms with Crippen molar-refractivity contribution in [3.63, 3.8) is 0 Å². The largest absolute Gasteiger partial charge is 0.380 e. The van der Waals surface area contributed by atoms with Crippen molar-refractivity contribution < 1.29 is 4.39 Å². The quantitative estimate of drug-likeness (QED) is 0.683. The standard InChI is InChI=1S/C17H14FN3O2/c18-12-3-1-11(2-4-12)5-10-20-14-15(17(23)16(14)22)21-13-6-8-19-9-7-13/h1-4,6-9,20H,5,10H2,(H,19,21). The van der Waals surface area contributed by atoms with Crippen molar-refractivity contribution in [2.45, 2.75) is 6.42 Å². The Morgan fingerprint density at radius 1 is 0.913 bits per heavy atom. The van der Waals surface area contributed by atoms with Crippen LogP contribution in [0.3, 0.4) is 0 Å². The van der Waals surface area contributed by atoms with Gasteiger partial charge in [-0.1, -0.05) is 12.1 Å². The second-order valence-electron chi connectivity index (χ2n) is 5.07. The Labute approximate surface area is 131 Å². The van der Waals surface area contributed by atoms with E-state index < -0.39 is 10.9 Å². The Hall–Kier alpha value is -3.02. The highest BCUT2D eigenvalue weighted by Crippen LogP contribution is 2.19. The molecule has 1 heterocycles. The smallest absolute Gasteiger partial charge is 0.253 e. The maximum absolute atomic E-state index is 12.8. The predicted molar refractivity (Wildman–Crippen MR) is 87.5 cm³/mol. The van der Waals surface area contributed by atoms with Crippen molar-refractivity contribution in [1.82, 2.24) is 4.98 Å². The molecular weight excluding hydrogens is 297 g/mol. The fourth-order valence-electron chi connectivity index (χ4n) is 2.24. The number of rotatable bonds is 6. The predicted octanol–water partition coefficient (Wildman–Crippen LogP) is 2.21. The van der Waals surface area contributed by atoms with E-state index >= 15 is 0 Å². The van der Waals surface area contributed by atoms with Crippen molar-refractivity contribution >= 4 is 17.1 Å². The molecule has 116 valence electrons. The van der Waals surface area contributed by atoms with Crippen molar-refractivity contribution in [2.24, 2.45) is 0 Å². The van der Waals surface area contributed by atoms with Gasteiger partial charge in [-0.3, -0.25) is 14.6 Å². The number of aromatic nitrogens is 1. The highest BCUT2D eigenvalue weighted by molar-refractivity contribution is 5.78. The highest BCUT2D eigenvalue weighted by Gasteiger charge is 2.20. The Morgan fingerprint density at radius 3 is 2.26 bits per heavy atom. The molecule has 3 rings (SSSR count). The van der Waals surface area contributed by atoms with Crippen molar-refractivity contribution in [3.8, 4) is 0 Å². The second-order valence-corrected chi connectivity index (χ2v) is 5.07. The van der Waals surface area contributed by atoms with E-state index in [-0.39, 0.29) is 17.2 Å². The fraction of sp³-hybridized carbons (Fsp3) is 0.118. The van der Waals surface area contributed by atoms with Crippen LogP contribution in [0.2, 0.25) is 0 Å². The van der Waals surface area contributed by atoms with Crippen LogP contribution in [0.15, 0.2) is 58.4 Å². The van der Waals surface area contributed by atoms with Crippen LogP contribution in [0.4, 0.5) is 21.5 Å². The van der Waals surface area contributed by atoms with E-state index in [1.807, 2.05) is 0 Å². The molecule has 0 aliphatic rings. The molecule has 1 aromatic heterocycles. The third-order valence-corrected chi connectivity index (χ3v) is 3.49. The van der Waals surface area contributed by atoms with Gasteiger partial charge in [0.2, 0.25) is 0 Å². The molecule has 0 aliphatic carbocycles. The number of benzene rings is 1. The van der Waals surface area contributed by atoms with Gasteiger partial charge in [0.1, 0.15) is 17.2 Å². The lowest BCUT2D eigenvalue weighted by atomic mass is 10.1. The van der Waals surface area contributed by atoms with Gasteiger partial charge in [-0.25, -0.2) is 4.39 Å². The Kier molecular flexibility index (Phi) is 4.14. The van der Waals surface area contributed by atoms with Gasteiger partial charge >= 0.3 is 0 Å². The maximum atomic E-state index is 12.8. The van der Waals surface area contributed by atoms with Gasteiger partial charge in [0, 0.05) is 24.6 Å². The molecule has 3 aromatic rings. The van der Waals surface area contributed by atoms with E-state index in [2.05, 4.69) is 15.6 Å². The molecule has 0 radical (unpaired) electrons. The van der Waals surface area contributed by atoms with E-state index in [0.717, 1.165) is 5.56 Å². The second kappa shape index (κ2) is 6.39. The normalized spacial score (nSPS) is 10.7. The van der Waals surface area contributed by atoms with Crippen molar-refractivity contribution in [2.75, 3.05) is 17.2 Å².